The Morgan fingerprint density at radius 2 is 2.12 bits per heavy atom. The van der Waals surface area contributed by atoms with Crippen molar-refractivity contribution in [2.75, 3.05) is 0 Å². The molecule has 6 nitrogen and oxygen atoms in total. The normalized spacial score (nSPS) is 12.8. The Bertz CT molecular complexity index is 673. The second-order valence-electron chi connectivity index (χ2n) is 5.61. The number of hydrogen-bond acceptors (Lipinski definition) is 3. The number of hydrogen-bond donors (Lipinski definition) is 2. The van der Waals surface area contributed by atoms with Gasteiger partial charge in [0.05, 0.1) is 6.33 Å². The van der Waals surface area contributed by atoms with Crippen molar-refractivity contribution in [3.8, 4) is 0 Å². The molecule has 1 amide bonds. The smallest absolute Gasteiger partial charge is 0.326 e. The standard InChI is InChI=1S/C17H21N3O3.ClH/c1-3-12(2)15(17(22)23)19-16(21)14-6-4-5-13(9-14)10-20-8-7-18-11-20;/h4-9,11-12,15H,3,10H2,1-2H3,(H,19,21)(H,22,23);1H/t12-,15-;/m0./s1. The van der Waals surface area contributed by atoms with Gasteiger partial charge in [0.25, 0.3) is 5.91 Å². The molecule has 1 aromatic heterocycles. The maximum absolute atomic E-state index is 12.3. The number of halogens is 1. The van der Waals surface area contributed by atoms with Crippen LogP contribution in [0.15, 0.2) is 43.0 Å². The number of carbonyl (C=O) groups excluding carboxylic acids is 1. The summed E-state index contributed by atoms with van der Waals surface area (Å²) in [5.74, 6) is -1.52. The number of aliphatic carboxylic acids is 1. The van der Waals surface area contributed by atoms with Crippen molar-refractivity contribution in [1.82, 2.24) is 14.9 Å². The van der Waals surface area contributed by atoms with Crippen molar-refractivity contribution in [1.29, 1.82) is 0 Å². The first-order valence-corrected chi connectivity index (χ1v) is 7.59. The fraction of sp³-hybridized carbons (Fsp3) is 0.353. The van der Waals surface area contributed by atoms with Gasteiger partial charge >= 0.3 is 5.97 Å². The molecule has 0 radical (unpaired) electrons. The van der Waals surface area contributed by atoms with Crippen LogP contribution >= 0.6 is 12.4 Å². The molecule has 1 heterocycles. The largest absolute Gasteiger partial charge is 0.480 e. The van der Waals surface area contributed by atoms with Crippen molar-refractivity contribution < 1.29 is 14.7 Å². The third kappa shape index (κ3) is 5.09. The first kappa shape index (κ1) is 19.7. The highest BCUT2D eigenvalue weighted by Gasteiger charge is 2.25. The molecule has 24 heavy (non-hydrogen) atoms. The summed E-state index contributed by atoms with van der Waals surface area (Å²) < 4.78 is 1.90. The minimum Gasteiger partial charge on any atom is -0.480 e. The predicted octanol–water partition coefficient (Wildman–Crippen LogP) is 2.58. The lowest BCUT2D eigenvalue weighted by molar-refractivity contribution is -0.140. The van der Waals surface area contributed by atoms with E-state index in [1.165, 1.54) is 0 Å². The molecule has 2 rings (SSSR count). The SMILES string of the molecule is CC[C@H](C)[C@H](NC(=O)c1cccc(Cn2ccnc2)c1)C(=O)O.Cl. The van der Waals surface area contributed by atoms with Crippen molar-refractivity contribution in [2.24, 2.45) is 5.92 Å². The van der Waals surface area contributed by atoms with Gasteiger partial charge in [-0.1, -0.05) is 32.4 Å². The number of benzene rings is 1. The van der Waals surface area contributed by atoms with Gasteiger partial charge in [-0.25, -0.2) is 9.78 Å². The molecule has 2 aromatic rings. The molecule has 0 fully saturated rings. The highest BCUT2D eigenvalue weighted by atomic mass is 35.5. The fourth-order valence-corrected chi connectivity index (χ4v) is 2.31. The van der Waals surface area contributed by atoms with E-state index < -0.39 is 12.0 Å². The molecule has 0 aliphatic carbocycles. The van der Waals surface area contributed by atoms with Gasteiger partial charge in [-0.3, -0.25) is 4.79 Å². The van der Waals surface area contributed by atoms with Crippen molar-refractivity contribution in [3.63, 3.8) is 0 Å². The number of carbonyl (C=O) groups is 2. The fourth-order valence-electron chi connectivity index (χ4n) is 2.31. The van der Waals surface area contributed by atoms with Crippen molar-refractivity contribution >= 4 is 24.3 Å². The molecule has 130 valence electrons. The maximum atomic E-state index is 12.3. The lowest BCUT2D eigenvalue weighted by Crippen LogP contribution is -2.45. The first-order chi connectivity index (χ1) is 11.0. The minimum atomic E-state index is -1.01. The van der Waals surface area contributed by atoms with E-state index in [0.29, 0.717) is 18.5 Å². The summed E-state index contributed by atoms with van der Waals surface area (Å²) in [6, 6.07) is 6.28. The summed E-state index contributed by atoms with van der Waals surface area (Å²) in [6.45, 7) is 4.32. The Kier molecular flexibility index (Phi) is 7.45. The molecular weight excluding hydrogens is 330 g/mol. The average Bonchev–Trinajstić information content (AvgIpc) is 3.04. The van der Waals surface area contributed by atoms with Crippen LogP contribution in [-0.2, 0) is 11.3 Å². The number of nitrogens with one attached hydrogen (secondary N) is 1. The lowest BCUT2D eigenvalue weighted by Gasteiger charge is -2.20. The zero-order valence-electron chi connectivity index (χ0n) is 13.7. The number of aromatic nitrogens is 2. The Morgan fingerprint density at radius 1 is 1.38 bits per heavy atom. The Hall–Kier alpha value is -2.34. The monoisotopic (exact) mass is 351 g/mol. The van der Waals surface area contributed by atoms with Gasteiger partial charge in [-0.2, -0.15) is 0 Å². The van der Waals surface area contributed by atoms with Crippen molar-refractivity contribution in [2.45, 2.75) is 32.9 Å². The quantitative estimate of drug-likeness (QED) is 0.803. The molecule has 0 saturated carbocycles. The highest BCUT2D eigenvalue weighted by Crippen LogP contribution is 2.11. The summed E-state index contributed by atoms with van der Waals surface area (Å²) in [7, 11) is 0. The highest BCUT2D eigenvalue weighted by molar-refractivity contribution is 5.96. The summed E-state index contributed by atoms with van der Waals surface area (Å²) in [4.78, 5) is 27.6. The minimum absolute atomic E-state index is 0. The molecule has 0 unspecified atom stereocenters. The van der Waals surface area contributed by atoms with Crippen LogP contribution in [0.5, 0.6) is 0 Å². The van der Waals surface area contributed by atoms with E-state index in [9.17, 15) is 14.7 Å². The maximum Gasteiger partial charge on any atom is 0.326 e. The van der Waals surface area contributed by atoms with Gasteiger partial charge < -0.3 is 15.0 Å². The van der Waals surface area contributed by atoms with Crippen LogP contribution in [0, 0.1) is 5.92 Å². The van der Waals surface area contributed by atoms with E-state index in [-0.39, 0.29) is 24.2 Å². The molecule has 0 saturated heterocycles. The topological polar surface area (TPSA) is 84.2 Å². The summed E-state index contributed by atoms with van der Waals surface area (Å²) in [5.41, 5.74) is 1.41. The van der Waals surface area contributed by atoms with E-state index in [1.807, 2.05) is 30.7 Å². The van der Waals surface area contributed by atoms with E-state index >= 15 is 0 Å². The van der Waals surface area contributed by atoms with Crippen LogP contribution < -0.4 is 5.32 Å². The lowest BCUT2D eigenvalue weighted by atomic mass is 9.98. The van der Waals surface area contributed by atoms with E-state index in [2.05, 4.69) is 10.3 Å². The van der Waals surface area contributed by atoms with Crippen LogP contribution in [0.4, 0.5) is 0 Å². The Labute approximate surface area is 147 Å². The molecular formula is C17H22ClN3O3. The van der Waals surface area contributed by atoms with Crippen LogP contribution in [0.3, 0.4) is 0 Å². The van der Waals surface area contributed by atoms with E-state index in [4.69, 9.17) is 0 Å². The number of imidazole rings is 1. The van der Waals surface area contributed by atoms with Crippen LogP contribution in [0.2, 0.25) is 0 Å². The van der Waals surface area contributed by atoms with E-state index in [0.717, 1.165) is 5.56 Å². The first-order valence-electron chi connectivity index (χ1n) is 7.59. The molecule has 0 aliphatic heterocycles. The van der Waals surface area contributed by atoms with Gasteiger partial charge in [0.2, 0.25) is 0 Å². The van der Waals surface area contributed by atoms with E-state index in [1.54, 1.807) is 30.7 Å². The van der Waals surface area contributed by atoms with Gasteiger partial charge in [-0.15, -0.1) is 12.4 Å². The predicted molar refractivity (Wildman–Crippen MR) is 93.4 cm³/mol. The Morgan fingerprint density at radius 3 is 2.71 bits per heavy atom. The van der Waals surface area contributed by atoms with Gasteiger partial charge in [0, 0.05) is 24.5 Å². The second-order valence-corrected chi connectivity index (χ2v) is 5.61. The molecule has 2 atom stereocenters. The molecule has 0 bridgehead atoms. The van der Waals surface area contributed by atoms with Crippen molar-refractivity contribution in [3.05, 3.63) is 54.1 Å². The molecule has 0 spiro atoms. The third-order valence-corrected chi connectivity index (χ3v) is 3.88. The summed E-state index contributed by atoms with van der Waals surface area (Å²) >= 11 is 0. The second kappa shape index (κ2) is 9.08. The average molecular weight is 352 g/mol. The molecule has 2 N–H and O–H groups in total. The molecule has 1 aromatic carbocycles. The summed E-state index contributed by atoms with van der Waals surface area (Å²) in [6.07, 6.45) is 5.92. The zero-order chi connectivity index (χ0) is 16.8. The Balaban J connectivity index is 0.00000288. The number of nitrogens with zero attached hydrogens (tertiary/aromatic N) is 2. The molecule has 7 heteroatoms. The number of carboxylic acid groups (broad SMARTS) is 1. The van der Waals surface area contributed by atoms with Gasteiger partial charge in [0.15, 0.2) is 0 Å². The van der Waals surface area contributed by atoms with Gasteiger partial charge in [-0.05, 0) is 23.6 Å². The third-order valence-electron chi connectivity index (χ3n) is 3.88. The number of amides is 1. The zero-order valence-corrected chi connectivity index (χ0v) is 14.5. The van der Waals surface area contributed by atoms with Crippen LogP contribution in [-0.4, -0.2) is 32.6 Å². The van der Waals surface area contributed by atoms with Gasteiger partial charge in [0.1, 0.15) is 6.04 Å². The molecule has 0 aliphatic rings. The van der Waals surface area contributed by atoms with Crippen LogP contribution in [0.1, 0.15) is 36.2 Å². The van der Waals surface area contributed by atoms with Crippen LogP contribution in [0.25, 0.3) is 0 Å². The number of rotatable bonds is 7. The number of carboxylic acids is 1. The summed E-state index contributed by atoms with van der Waals surface area (Å²) in [5, 5.41) is 11.9.